The van der Waals surface area contributed by atoms with Gasteiger partial charge in [-0.2, -0.15) is 0 Å². The van der Waals surface area contributed by atoms with E-state index >= 15 is 0 Å². The minimum absolute atomic E-state index is 0.0681. The van der Waals surface area contributed by atoms with Gasteiger partial charge < -0.3 is 14.2 Å². The lowest BCUT2D eigenvalue weighted by molar-refractivity contribution is -0.167. The van der Waals surface area contributed by atoms with Gasteiger partial charge in [0.1, 0.15) is 13.2 Å². The Kier molecular flexibility index (Phi) is 47.8. The number of allylic oxidation sites excluding steroid dienone is 4. The van der Waals surface area contributed by atoms with Crippen molar-refractivity contribution in [1.29, 1.82) is 0 Å². The van der Waals surface area contributed by atoms with E-state index < -0.39 is 6.10 Å². The summed E-state index contributed by atoms with van der Waals surface area (Å²) in [5.41, 5.74) is 0. The number of hydrogen-bond donors (Lipinski definition) is 0. The van der Waals surface area contributed by atoms with E-state index in [-0.39, 0.29) is 31.1 Å². The fourth-order valence-electron chi connectivity index (χ4n) is 7.71. The SMILES string of the molecule is CCCCCCC/C=C\C/C=C\CCCCCCCCCCCC(=O)OCC(COC(=O)CCCCCCCCCCC)OC(=O)CCCCCCCCCCCCCC. The standard InChI is InChI=1S/C54H100O6/c1-4-7-10-13-16-19-21-23-24-25-26-27-28-29-30-31-33-35-38-41-44-47-53(56)59-50-51(49-58-52(55)46-43-40-37-34-18-15-12-9-6-3)60-54(57)48-45-42-39-36-32-22-20-17-14-11-8-5-2/h21,23,25-26,51H,4-20,22,24,27-50H2,1-3H3/b23-21-,26-25-. The molecule has 60 heavy (non-hydrogen) atoms. The normalized spacial score (nSPS) is 12.1. The van der Waals surface area contributed by atoms with E-state index in [1.165, 1.54) is 180 Å². The van der Waals surface area contributed by atoms with Crippen LogP contribution in [0, 0.1) is 0 Å². The maximum Gasteiger partial charge on any atom is 0.306 e. The Morgan fingerprint density at radius 3 is 0.917 bits per heavy atom. The van der Waals surface area contributed by atoms with Crippen LogP contribution >= 0.6 is 0 Å². The van der Waals surface area contributed by atoms with Crippen LogP contribution in [0.3, 0.4) is 0 Å². The molecule has 0 aromatic heterocycles. The van der Waals surface area contributed by atoms with Crippen LogP contribution in [-0.4, -0.2) is 37.2 Å². The molecule has 0 saturated carbocycles. The van der Waals surface area contributed by atoms with Gasteiger partial charge in [0, 0.05) is 19.3 Å². The molecule has 0 aromatic carbocycles. The van der Waals surface area contributed by atoms with Gasteiger partial charge in [-0.3, -0.25) is 14.4 Å². The summed E-state index contributed by atoms with van der Waals surface area (Å²) in [6.07, 6.45) is 56.0. The molecule has 0 heterocycles. The van der Waals surface area contributed by atoms with E-state index in [0.717, 1.165) is 64.2 Å². The van der Waals surface area contributed by atoms with Crippen LogP contribution in [0.5, 0.6) is 0 Å². The van der Waals surface area contributed by atoms with Crippen molar-refractivity contribution >= 4 is 17.9 Å². The molecule has 0 bridgehead atoms. The molecule has 0 saturated heterocycles. The molecule has 0 rings (SSSR count). The average Bonchev–Trinajstić information content (AvgIpc) is 3.24. The van der Waals surface area contributed by atoms with Crippen LogP contribution in [0.4, 0.5) is 0 Å². The van der Waals surface area contributed by atoms with E-state index in [1.807, 2.05) is 0 Å². The molecule has 0 radical (unpaired) electrons. The van der Waals surface area contributed by atoms with Gasteiger partial charge in [-0.25, -0.2) is 0 Å². The highest BCUT2D eigenvalue weighted by atomic mass is 16.6. The van der Waals surface area contributed by atoms with Crippen LogP contribution in [0.15, 0.2) is 24.3 Å². The number of esters is 3. The molecule has 1 atom stereocenters. The third-order valence-corrected chi connectivity index (χ3v) is 11.7. The summed E-state index contributed by atoms with van der Waals surface area (Å²) in [7, 11) is 0. The minimum atomic E-state index is -0.765. The number of carbonyl (C=O) groups excluding carboxylic acids is 3. The zero-order valence-electron chi connectivity index (χ0n) is 40.2. The number of rotatable bonds is 48. The molecule has 6 nitrogen and oxygen atoms in total. The second-order valence-corrected chi connectivity index (χ2v) is 17.8. The van der Waals surface area contributed by atoms with Crippen molar-refractivity contribution in [3.8, 4) is 0 Å². The Balaban J connectivity index is 4.22. The maximum absolute atomic E-state index is 12.7. The van der Waals surface area contributed by atoms with Gasteiger partial charge in [0.05, 0.1) is 0 Å². The van der Waals surface area contributed by atoms with Crippen LogP contribution in [0.25, 0.3) is 0 Å². The van der Waals surface area contributed by atoms with Gasteiger partial charge >= 0.3 is 17.9 Å². The Bertz CT molecular complexity index is 973. The van der Waals surface area contributed by atoms with Gasteiger partial charge in [0.15, 0.2) is 6.10 Å². The fourth-order valence-corrected chi connectivity index (χ4v) is 7.71. The van der Waals surface area contributed by atoms with E-state index in [9.17, 15) is 14.4 Å². The van der Waals surface area contributed by atoms with Crippen LogP contribution in [0.2, 0.25) is 0 Å². The van der Waals surface area contributed by atoms with Gasteiger partial charge in [-0.1, -0.05) is 238 Å². The van der Waals surface area contributed by atoms with E-state index in [1.54, 1.807) is 0 Å². The summed E-state index contributed by atoms with van der Waals surface area (Å²) in [4.78, 5) is 37.8. The molecule has 0 aliphatic rings. The van der Waals surface area contributed by atoms with Gasteiger partial charge in [-0.05, 0) is 51.4 Å². The summed E-state index contributed by atoms with van der Waals surface area (Å²) in [5.74, 6) is -0.862. The van der Waals surface area contributed by atoms with Gasteiger partial charge in [0.2, 0.25) is 0 Å². The first-order valence-corrected chi connectivity index (χ1v) is 26.3. The van der Waals surface area contributed by atoms with Crippen molar-refractivity contribution in [2.75, 3.05) is 13.2 Å². The summed E-state index contributed by atoms with van der Waals surface area (Å²) >= 11 is 0. The lowest BCUT2D eigenvalue weighted by Crippen LogP contribution is -2.30. The molecular formula is C54H100O6. The topological polar surface area (TPSA) is 78.9 Å². The lowest BCUT2D eigenvalue weighted by Gasteiger charge is -2.18. The molecule has 0 aliphatic heterocycles. The Morgan fingerprint density at radius 1 is 0.333 bits per heavy atom. The first kappa shape index (κ1) is 57.9. The van der Waals surface area contributed by atoms with Gasteiger partial charge in [-0.15, -0.1) is 0 Å². The van der Waals surface area contributed by atoms with Crippen molar-refractivity contribution in [2.24, 2.45) is 0 Å². The Hall–Kier alpha value is -2.11. The molecule has 0 aliphatic carbocycles. The predicted molar refractivity (Wildman–Crippen MR) is 256 cm³/mol. The molecular weight excluding hydrogens is 745 g/mol. The largest absolute Gasteiger partial charge is 0.462 e. The number of ether oxygens (including phenoxy) is 3. The average molecular weight is 845 g/mol. The number of hydrogen-bond acceptors (Lipinski definition) is 6. The van der Waals surface area contributed by atoms with Crippen molar-refractivity contribution in [2.45, 2.75) is 290 Å². The quantitative estimate of drug-likeness (QED) is 0.0263. The fraction of sp³-hybridized carbons (Fsp3) is 0.870. The number of carbonyl (C=O) groups is 3. The van der Waals surface area contributed by atoms with Crippen molar-refractivity contribution in [3.63, 3.8) is 0 Å². The highest BCUT2D eigenvalue weighted by molar-refractivity contribution is 5.71. The molecule has 6 heteroatoms. The van der Waals surface area contributed by atoms with E-state index in [2.05, 4.69) is 45.1 Å². The lowest BCUT2D eigenvalue weighted by atomic mass is 10.0. The smallest absolute Gasteiger partial charge is 0.306 e. The summed E-state index contributed by atoms with van der Waals surface area (Å²) < 4.78 is 16.8. The third-order valence-electron chi connectivity index (χ3n) is 11.7. The zero-order chi connectivity index (χ0) is 43.7. The first-order chi connectivity index (χ1) is 29.5. The van der Waals surface area contributed by atoms with Crippen LogP contribution in [0.1, 0.15) is 284 Å². The molecule has 0 fully saturated rings. The second kappa shape index (κ2) is 49.5. The van der Waals surface area contributed by atoms with Crippen LogP contribution < -0.4 is 0 Å². The Labute approximate surface area is 373 Å². The zero-order valence-corrected chi connectivity index (χ0v) is 40.2. The van der Waals surface area contributed by atoms with Crippen LogP contribution in [-0.2, 0) is 28.6 Å². The molecule has 0 N–H and O–H groups in total. The summed E-state index contributed by atoms with van der Waals surface area (Å²) in [6.45, 7) is 6.63. The molecule has 0 aromatic rings. The molecule has 352 valence electrons. The Morgan fingerprint density at radius 2 is 0.600 bits per heavy atom. The minimum Gasteiger partial charge on any atom is -0.462 e. The maximum atomic E-state index is 12.7. The first-order valence-electron chi connectivity index (χ1n) is 26.3. The highest BCUT2D eigenvalue weighted by Gasteiger charge is 2.19. The number of unbranched alkanes of at least 4 members (excludes halogenated alkanes) is 33. The monoisotopic (exact) mass is 845 g/mol. The molecule has 1 unspecified atom stereocenters. The predicted octanol–water partition coefficient (Wildman–Crippen LogP) is 17.2. The summed E-state index contributed by atoms with van der Waals surface area (Å²) in [6, 6.07) is 0. The van der Waals surface area contributed by atoms with Crippen molar-refractivity contribution in [3.05, 3.63) is 24.3 Å². The molecule has 0 amide bonds. The van der Waals surface area contributed by atoms with E-state index in [0.29, 0.717) is 19.3 Å². The third kappa shape index (κ3) is 46.9. The molecule has 0 spiro atoms. The van der Waals surface area contributed by atoms with Crippen molar-refractivity contribution in [1.82, 2.24) is 0 Å². The van der Waals surface area contributed by atoms with Gasteiger partial charge in [0.25, 0.3) is 0 Å². The van der Waals surface area contributed by atoms with E-state index in [4.69, 9.17) is 14.2 Å². The summed E-state index contributed by atoms with van der Waals surface area (Å²) in [5, 5.41) is 0. The van der Waals surface area contributed by atoms with Crippen molar-refractivity contribution < 1.29 is 28.6 Å². The second-order valence-electron chi connectivity index (χ2n) is 17.8. The highest BCUT2D eigenvalue weighted by Crippen LogP contribution is 2.16.